The van der Waals surface area contributed by atoms with Crippen LogP contribution in [0.15, 0.2) is 4.99 Å². The van der Waals surface area contributed by atoms with Crippen molar-refractivity contribution in [3.05, 3.63) is 0 Å². The number of thiocarbonyl (C=S) groups is 1. The van der Waals surface area contributed by atoms with Gasteiger partial charge in [-0.1, -0.05) is 0 Å². The molecule has 1 rings (SSSR count). The smallest absolute Gasteiger partial charge is 0.283 e. The lowest BCUT2D eigenvalue weighted by Gasteiger charge is -2.32. The van der Waals surface area contributed by atoms with Gasteiger partial charge in [0.25, 0.3) is 5.17 Å². The van der Waals surface area contributed by atoms with Crippen LogP contribution in [0.5, 0.6) is 0 Å². The maximum absolute atomic E-state index is 9.60. The van der Waals surface area contributed by atoms with Crippen molar-refractivity contribution < 1.29 is 30.3 Å². The van der Waals surface area contributed by atoms with Gasteiger partial charge in [-0.15, -0.1) is 0 Å². The van der Waals surface area contributed by atoms with Crippen LogP contribution >= 0.6 is 12.2 Å². The van der Waals surface area contributed by atoms with Crippen molar-refractivity contribution in [2.75, 3.05) is 6.61 Å². The van der Waals surface area contributed by atoms with Crippen LogP contribution in [0.25, 0.3) is 0 Å². The molecule has 0 aromatic heterocycles. The van der Waals surface area contributed by atoms with Gasteiger partial charge in [-0.3, -0.25) is 0 Å². The fraction of sp³-hybridized carbons (Fsp3) is 0.750. The van der Waals surface area contributed by atoms with Gasteiger partial charge < -0.3 is 30.3 Å². The molecule has 0 radical (unpaired) electrons. The SMILES string of the molecule is OC[C@@H](O)[C@H](O)[C@@H](O)[C@H]1OC(=S)N=C[C@H]1O. The van der Waals surface area contributed by atoms with Crippen molar-refractivity contribution in [3.8, 4) is 0 Å². The van der Waals surface area contributed by atoms with Crippen LogP contribution < -0.4 is 0 Å². The van der Waals surface area contributed by atoms with E-state index >= 15 is 0 Å². The van der Waals surface area contributed by atoms with Gasteiger partial charge in [-0.05, 0) is 12.2 Å². The number of ether oxygens (including phenoxy) is 1. The highest BCUT2D eigenvalue weighted by Gasteiger charge is 2.38. The van der Waals surface area contributed by atoms with E-state index in [0.717, 1.165) is 6.21 Å². The Kier molecular flexibility index (Phi) is 4.71. The molecule has 0 spiro atoms. The average Bonchev–Trinajstić information content (AvgIpc) is 2.29. The zero-order valence-corrected chi connectivity index (χ0v) is 8.99. The largest absolute Gasteiger partial charge is 0.460 e. The van der Waals surface area contributed by atoms with Gasteiger partial charge in [0.2, 0.25) is 0 Å². The highest BCUT2D eigenvalue weighted by Crippen LogP contribution is 2.15. The quantitative estimate of drug-likeness (QED) is 0.341. The van der Waals surface area contributed by atoms with E-state index in [1.54, 1.807) is 0 Å². The molecule has 0 aliphatic carbocycles. The lowest BCUT2D eigenvalue weighted by molar-refractivity contribution is -0.127. The summed E-state index contributed by atoms with van der Waals surface area (Å²) >= 11 is 4.60. The number of hydrogen-bond acceptors (Lipinski definition) is 7. The first-order valence-electron chi connectivity index (χ1n) is 4.55. The summed E-state index contributed by atoms with van der Waals surface area (Å²) in [6.07, 6.45) is -6.18. The van der Waals surface area contributed by atoms with Crippen LogP contribution in [0.2, 0.25) is 0 Å². The first kappa shape index (κ1) is 13.4. The van der Waals surface area contributed by atoms with Crippen molar-refractivity contribution in [2.45, 2.75) is 30.5 Å². The minimum absolute atomic E-state index is 0.181. The minimum atomic E-state index is -1.65. The first-order valence-corrected chi connectivity index (χ1v) is 4.96. The van der Waals surface area contributed by atoms with E-state index in [0.29, 0.717) is 0 Å². The maximum Gasteiger partial charge on any atom is 0.283 e. The molecule has 1 aliphatic rings. The number of aliphatic hydroxyl groups excluding tert-OH is 5. The molecule has 16 heavy (non-hydrogen) atoms. The van der Waals surface area contributed by atoms with Crippen molar-refractivity contribution in [3.63, 3.8) is 0 Å². The van der Waals surface area contributed by atoms with Gasteiger partial charge in [0.1, 0.15) is 24.4 Å². The molecule has 0 saturated carbocycles. The molecule has 1 heterocycles. The summed E-state index contributed by atoms with van der Waals surface area (Å²) in [5.41, 5.74) is 0. The third-order valence-electron chi connectivity index (χ3n) is 2.17. The molecule has 5 N–H and O–H groups in total. The van der Waals surface area contributed by atoms with Crippen molar-refractivity contribution >= 4 is 23.6 Å². The van der Waals surface area contributed by atoms with Crippen molar-refractivity contribution in [2.24, 2.45) is 4.99 Å². The zero-order valence-electron chi connectivity index (χ0n) is 8.17. The molecule has 8 heteroatoms. The highest BCUT2D eigenvalue weighted by atomic mass is 32.1. The Morgan fingerprint density at radius 3 is 2.62 bits per heavy atom. The first-order chi connectivity index (χ1) is 7.47. The number of aliphatic imine (C=N–C) groups is 1. The summed E-state index contributed by atoms with van der Waals surface area (Å²) < 4.78 is 4.86. The second kappa shape index (κ2) is 5.62. The van der Waals surface area contributed by atoms with Gasteiger partial charge in [-0.25, -0.2) is 4.99 Å². The molecule has 0 amide bonds. The summed E-state index contributed by atoms with van der Waals surface area (Å²) in [4.78, 5) is 3.50. The van der Waals surface area contributed by atoms with Gasteiger partial charge >= 0.3 is 0 Å². The van der Waals surface area contributed by atoms with Crippen molar-refractivity contribution in [1.82, 2.24) is 0 Å². The third kappa shape index (κ3) is 2.94. The van der Waals surface area contributed by atoms with Gasteiger partial charge in [0, 0.05) is 6.21 Å². The molecule has 7 nitrogen and oxygen atoms in total. The third-order valence-corrected chi connectivity index (χ3v) is 2.38. The highest BCUT2D eigenvalue weighted by molar-refractivity contribution is 7.80. The van der Waals surface area contributed by atoms with Crippen LogP contribution in [0.3, 0.4) is 0 Å². The lowest BCUT2D eigenvalue weighted by Crippen LogP contribution is -2.53. The Hall–Kier alpha value is -0.640. The van der Waals surface area contributed by atoms with Gasteiger partial charge in [0.15, 0.2) is 6.10 Å². The molecule has 92 valence electrons. The van der Waals surface area contributed by atoms with E-state index in [9.17, 15) is 15.3 Å². The van der Waals surface area contributed by atoms with Gasteiger partial charge in [0.05, 0.1) is 6.61 Å². The van der Waals surface area contributed by atoms with Gasteiger partial charge in [-0.2, -0.15) is 0 Å². The molecule has 0 bridgehead atoms. The molecule has 5 atom stereocenters. The summed E-state index contributed by atoms with van der Waals surface area (Å²) in [5, 5.41) is 45.9. The monoisotopic (exact) mass is 251 g/mol. The standard InChI is InChI=1S/C8H13NO6S/c10-2-4(12)5(13)6(14)7-3(11)1-9-8(16)15-7/h1,3-7,10-14H,2H2/t3-,4-,5+,6-,7+/m1/s1. The Balaban J connectivity index is 2.69. The van der Waals surface area contributed by atoms with Crippen LogP contribution in [0.4, 0.5) is 0 Å². The molecule has 0 fully saturated rings. The molecule has 0 aromatic carbocycles. The lowest BCUT2D eigenvalue weighted by atomic mass is 9.99. The maximum atomic E-state index is 9.60. The van der Waals surface area contributed by atoms with Crippen LogP contribution in [-0.4, -0.2) is 74.0 Å². The van der Waals surface area contributed by atoms with E-state index in [4.69, 9.17) is 14.9 Å². The molecule has 0 aromatic rings. The Morgan fingerprint density at radius 1 is 1.44 bits per heavy atom. The summed E-state index contributed by atoms with van der Waals surface area (Å²) in [6.45, 7) is -0.723. The Morgan fingerprint density at radius 2 is 2.06 bits per heavy atom. The Labute approximate surface area is 96.6 Å². The predicted molar refractivity (Wildman–Crippen MR) is 57.1 cm³/mol. The topological polar surface area (TPSA) is 123 Å². The summed E-state index contributed by atoms with van der Waals surface area (Å²) in [6, 6.07) is 0. The van der Waals surface area contributed by atoms with E-state index in [1.807, 2.05) is 0 Å². The number of nitrogens with zero attached hydrogens (tertiary/aromatic N) is 1. The number of hydrogen-bond donors (Lipinski definition) is 5. The fourth-order valence-electron chi connectivity index (χ4n) is 1.24. The normalized spacial score (nSPS) is 30.7. The molecule has 1 aliphatic heterocycles. The van der Waals surface area contributed by atoms with Crippen LogP contribution in [0, 0.1) is 0 Å². The number of rotatable bonds is 4. The molecular formula is C8H13NO6S. The predicted octanol–water partition coefficient (Wildman–Crippen LogP) is -2.82. The van der Waals surface area contributed by atoms with Crippen LogP contribution in [0.1, 0.15) is 0 Å². The van der Waals surface area contributed by atoms with Crippen molar-refractivity contribution in [1.29, 1.82) is 0 Å². The van der Waals surface area contributed by atoms with E-state index in [-0.39, 0.29) is 5.17 Å². The average molecular weight is 251 g/mol. The zero-order chi connectivity index (χ0) is 12.3. The summed E-state index contributed by atoms with van der Waals surface area (Å²) in [5.74, 6) is 0. The van der Waals surface area contributed by atoms with E-state index < -0.39 is 37.1 Å². The second-order valence-electron chi connectivity index (χ2n) is 3.35. The molecule has 0 saturated heterocycles. The van der Waals surface area contributed by atoms with E-state index in [2.05, 4.69) is 17.2 Å². The second-order valence-corrected chi connectivity index (χ2v) is 3.70. The Bertz CT molecular complexity index is 286. The molecular weight excluding hydrogens is 238 g/mol. The van der Waals surface area contributed by atoms with Crippen LogP contribution in [-0.2, 0) is 4.74 Å². The fourth-order valence-corrected chi connectivity index (χ4v) is 1.41. The minimum Gasteiger partial charge on any atom is -0.460 e. The van der Waals surface area contributed by atoms with E-state index in [1.165, 1.54) is 0 Å². The molecule has 0 unspecified atom stereocenters. The number of aliphatic hydroxyl groups is 5. The summed E-state index contributed by atoms with van der Waals surface area (Å²) in [7, 11) is 0.